The standard InChI is InChI=1S/C16H13Cl2NO3/c17-12-5-1-10(2-6-12)14(9-15(20)21)19-16(22)11-3-7-13(18)8-4-11/h1-8,14H,9H2,(H,19,22)(H,20,21)/t14-/m1/s1. The normalized spacial score (nSPS) is 11.7. The van der Waals surface area contributed by atoms with Crippen molar-refractivity contribution in [2.24, 2.45) is 0 Å². The molecular weight excluding hydrogens is 325 g/mol. The molecule has 2 aromatic carbocycles. The van der Waals surface area contributed by atoms with E-state index in [-0.39, 0.29) is 12.3 Å². The molecule has 0 aliphatic heterocycles. The van der Waals surface area contributed by atoms with E-state index in [9.17, 15) is 9.59 Å². The van der Waals surface area contributed by atoms with Crippen LogP contribution < -0.4 is 5.32 Å². The van der Waals surface area contributed by atoms with Crippen molar-refractivity contribution in [2.45, 2.75) is 12.5 Å². The van der Waals surface area contributed by atoms with Crippen LogP contribution in [-0.2, 0) is 4.79 Å². The van der Waals surface area contributed by atoms with Gasteiger partial charge >= 0.3 is 5.97 Å². The predicted molar refractivity (Wildman–Crippen MR) is 85.4 cm³/mol. The molecule has 0 aromatic heterocycles. The van der Waals surface area contributed by atoms with Crippen molar-refractivity contribution >= 4 is 35.1 Å². The lowest BCUT2D eigenvalue weighted by molar-refractivity contribution is -0.137. The highest BCUT2D eigenvalue weighted by molar-refractivity contribution is 6.30. The highest BCUT2D eigenvalue weighted by atomic mass is 35.5. The number of aliphatic carboxylic acids is 1. The number of nitrogens with one attached hydrogen (secondary N) is 1. The SMILES string of the molecule is O=C(O)C[C@@H](NC(=O)c1ccc(Cl)cc1)c1ccc(Cl)cc1. The van der Waals surface area contributed by atoms with E-state index in [1.54, 1.807) is 48.5 Å². The Labute approximate surface area is 137 Å². The summed E-state index contributed by atoms with van der Waals surface area (Å²) in [6.45, 7) is 0. The summed E-state index contributed by atoms with van der Waals surface area (Å²) in [6.07, 6.45) is -0.221. The van der Waals surface area contributed by atoms with Gasteiger partial charge in [0.2, 0.25) is 0 Å². The number of hydrogen-bond acceptors (Lipinski definition) is 2. The predicted octanol–water partition coefficient (Wildman–Crippen LogP) is 3.94. The summed E-state index contributed by atoms with van der Waals surface area (Å²) in [5.41, 5.74) is 1.09. The molecule has 4 nitrogen and oxygen atoms in total. The second-order valence-electron chi connectivity index (χ2n) is 4.68. The van der Waals surface area contributed by atoms with E-state index in [4.69, 9.17) is 28.3 Å². The monoisotopic (exact) mass is 337 g/mol. The molecule has 0 saturated heterocycles. The first kappa shape index (κ1) is 16.3. The molecule has 2 rings (SSSR count). The molecule has 1 amide bonds. The number of rotatable bonds is 5. The van der Waals surface area contributed by atoms with Crippen LogP contribution in [0.25, 0.3) is 0 Å². The van der Waals surface area contributed by atoms with Crippen LogP contribution in [0.1, 0.15) is 28.4 Å². The highest BCUT2D eigenvalue weighted by Gasteiger charge is 2.19. The van der Waals surface area contributed by atoms with Gasteiger partial charge in [-0.15, -0.1) is 0 Å². The molecule has 0 radical (unpaired) electrons. The minimum absolute atomic E-state index is 0.221. The van der Waals surface area contributed by atoms with Crippen LogP contribution in [0.3, 0.4) is 0 Å². The molecule has 0 fully saturated rings. The van der Waals surface area contributed by atoms with E-state index in [2.05, 4.69) is 5.32 Å². The van der Waals surface area contributed by atoms with Crippen LogP contribution in [0.2, 0.25) is 10.0 Å². The molecule has 2 aromatic rings. The van der Waals surface area contributed by atoms with Crippen LogP contribution in [0.5, 0.6) is 0 Å². The number of carboxylic acids is 1. The van der Waals surface area contributed by atoms with Gasteiger partial charge in [-0.25, -0.2) is 0 Å². The fourth-order valence-electron chi connectivity index (χ4n) is 1.96. The maximum atomic E-state index is 12.2. The minimum Gasteiger partial charge on any atom is -0.481 e. The lowest BCUT2D eigenvalue weighted by atomic mass is 10.0. The van der Waals surface area contributed by atoms with Crippen molar-refractivity contribution < 1.29 is 14.7 Å². The second kappa shape index (κ2) is 7.29. The van der Waals surface area contributed by atoms with Crippen LogP contribution in [0.15, 0.2) is 48.5 Å². The summed E-state index contributed by atoms with van der Waals surface area (Å²) in [5.74, 6) is -1.37. The molecule has 0 bridgehead atoms. The largest absolute Gasteiger partial charge is 0.481 e. The second-order valence-corrected chi connectivity index (χ2v) is 5.56. The zero-order valence-electron chi connectivity index (χ0n) is 11.4. The van der Waals surface area contributed by atoms with Crippen molar-refractivity contribution in [1.29, 1.82) is 0 Å². The Kier molecular flexibility index (Phi) is 5.41. The molecule has 0 spiro atoms. The number of hydrogen-bond donors (Lipinski definition) is 2. The first-order chi connectivity index (χ1) is 10.5. The van der Waals surface area contributed by atoms with E-state index in [0.29, 0.717) is 21.2 Å². The number of carbonyl (C=O) groups is 2. The highest BCUT2D eigenvalue weighted by Crippen LogP contribution is 2.20. The average Bonchev–Trinajstić information content (AvgIpc) is 2.47. The number of benzene rings is 2. The quantitative estimate of drug-likeness (QED) is 0.868. The third-order valence-electron chi connectivity index (χ3n) is 3.06. The fraction of sp³-hybridized carbons (Fsp3) is 0.125. The van der Waals surface area contributed by atoms with Crippen molar-refractivity contribution in [1.82, 2.24) is 5.32 Å². The summed E-state index contributed by atoms with van der Waals surface area (Å²) in [5, 5.41) is 12.8. The maximum absolute atomic E-state index is 12.2. The zero-order valence-corrected chi connectivity index (χ0v) is 12.9. The molecular formula is C16H13Cl2NO3. The molecule has 22 heavy (non-hydrogen) atoms. The Bertz CT molecular complexity index is 669. The average molecular weight is 338 g/mol. The summed E-state index contributed by atoms with van der Waals surface area (Å²) in [7, 11) is 0. The summed E-state index contributed by atoms with van der Waals surface area (Å²) in [6, 6.07) is 12.4. The zero-order chi connectivity index (χ0) is 16.1. The smallest absolute Gasteiger partial charge is 0.305 e. The Morgan fingerprint density at radius 1 is 0.955 bits per heavy atom. The lowest BCUT2D eigenvalue weighted by Crippen LogP contribution is -2.30. The number of carboxylic acid groups (broad SMARTS) is 1. The van der Waals surface area contributed by atoms with Crippen molar-refractivity contribution in [3.8, 4) is 0 Å². The van der Waals surface area contributed by atoms with Gasteiger partial charge < -0.3 is 10.4 Å². The van der Waals surface area contributed by atoms with Crippen molar-refractivity contribution in [3.63, 3.8) is 0 Å². The summed E-state index contributed by atoms with van der Waals surface area (Å²) < 4.78 is 0. The van der Waals surface area contributed by atoms with E-state index in [1.165, 1.54) is 0 Å². The Morgan fingerprint density at radius 2 is 1.45 bits per heavy atom. The summed E-state index contributed by atoms with van der Waals surface area (Å²) in [4.78, 5) is 23.2. The van der Waals surface area contributed by atoms with E-state index < -0.39 is 12.0 Å². The minimum atomic E-state index is -1.00. The van der Waals surface area contributed by atoms with Crippen LogP contribution in [0, 0.1) is 0 Å². The molecule has 2 N–H and O–H groups in total. The summed E-state index contributed by atoms with van der Waals surface area (Å²) >= 11 is 11.6. The van der Waals surface area contributed by atoms with Gasteiger partial charge in [-0.1, -0.05) is 35.3 Å². The Morgan fingerprint density at radius 3 is 1.95 bits per heavy atom. The number of halogens is 2. The van der Waals surface area contributed by atoms with E-state index in [1.807, 2.05) is 0 Å². The molecule has 0 aliphatic carbocycles. The maximum Gasteiger partial charge on any atom is 0.305 e. The Hall–Kier alpha value is -2.04. The van der Waals surface area contributed by atoms with E-state index >= 15 is 0 Å². The van der Waals surface area contributed by atoms with Gasteiger partial charge in [-0.05, 0) is 42.0 Å². The van der Waals surface area contributed by atoms with Gasteiger partial charge in [0.1, 0.15) is 0 Å². The number of amides is 1. The first-order valence-electron chi connectivity index (χ1n) is 6.49. The molecule has 0 unspecified atom stereocenters. The van der Waals surface area contributed by atoms with Gasteiger partial charge in [-0.3, -0.25) is 9.59 Å². The van der Waals surface area contributed by atoms with E-state index in [0.717, 1.165) is 0 Å². The molecule has 114 valence electrons. The molecule has 6 heteroatoms. The van der Waals surface area contributed by atoms with Crippen LogP contribution >= 0.6 is 23.2 Å². The lowest BCUT2D eigenvalue weighted by Gasteiger charge is -2.17. The van der Waals surface area contributed by atoms with Gasteiger partial charge in [0.05, 0.1) is 12.5 Å². The Balaban J connectivity index is 2.19. The van der Waals surface area contributed by atoms with Crippen LogP contribution in [0.4, 0.5) is 0 Å². The van der Waals surface area contributed by atoms with Gasteiger partial charge in [0.15, 0.2) is 0 Å². The van der Waals surface area contributed by atoms with Gasteiger partial charge in [0.25, 0.3) is 5.91 Å². The first-order valence-corrected chi connectivity index (χ1v) is 7.25. The van der Waals surface area contributed by atoms with Gasteiger partial charge in [0, 0.05) is 15.6 Å². The molecule has 1 atom stereocenters. The van der Waals surface area contributed by atoms with Crippen molar-refractivity contribution in [3.05, 3.63) is 69.7 Å². The fourth-order valence-corrected chi connectivity index (χ4v) is 2.22. The number of carbonyl (C=O) groups excluding carboxylic acids is 1. The van der Waals surface area contributed by atoms with Crippen molar-refractivity contribution in [2.75, 3.05) is 0 Å². The topological polar surface area (TPSA) is 66.4 Å². The van der Waals surface area contributed by atoms with Crippen LogP contribution in [-0.4, -0.2) is 17.0 Å². The third-order valence-corrected chi connectivity index (χ3v) is 3.57. The molecule has 0 saturated carbocycles. The molecule has 0 aliphatic rings. The molecule has 0 heterocycles. The van der Waals surface area contributed by atoms with Gasteiger partial charge in [-0.2, -0.15) is 0 Å². The third kappa shape index (κ3) is 4.48.